The van der Waals surface area contributed by atoms with Crippen molar-refractivity contribution in [3.63, 3.8) is 0 Å². The smallest absolute Gasteiger partial charge is 0.308 e. The summed E-state index contributed by atoms with van der Waals surface area (Å²) in [5, 5.41) is 5.63. The van der Waals surface area contributed by atoms with Crippen LogP contribution in [0.2, 0.25) is 0 Å². The molecule has 1 aliphatic carbocycles. The Morgan fingerprint density at radius 3 is 2.46 bits per heavy atom. The first-order chi connectivity index (χ1) is 13.5. The molecule has 0 heterocycles. The second-order valence-corrected chi connectivity index (χ2v) is 7.04. The number of amides is 2. The summed E-state index contributed by atoms with van der Waals surface area (Å²) in [7, 11) is 1.49. The zero-order valence-electron chi connectivity index (χ0n) is 16.7. The van der Waals surface area contributed by atoms with Crippen molar-refractivity contribution in [1.82, 2.24) is 10.6 Å². The highest BCUT2D eigenvalue weighted by molar-refractivity contribution is 5.97. The largest absolute Gasteiger partial charge is 0.496 e. The van der Waals surface area contributed by atoms with Crippen molar-refractivity contribution in [2.45, 2.75) is 64.0 Å². The first-order valence-corrected chi connectivity index (χ1v) is 9.92. The summed E-state index contributed by atoms with van der Waals surface area (Å²) < 4.78 is 10.3. The number of nitrogens with one attached hydrogen (secondary N) is 2. The van der Waals surface area contributed by atoms with E-state index in [1.54, 1.807) is 31.2 Å². The molecule has 2 amide bonds. The van der Waals surface area contributed by atoms with Gasteiger partial charge in [-0.3, -0.25) is 14.4 Å². The Balaban J connectivity index is 1.71. The van der Waals surface area contributed by atoms with Gasteiger partial charge in [-0.2, -0.15) is 0 Å². The van der Waals surface area contributed by atoms with Gasteiger partial charge in [-0.05, 0) is 31.9 Å². The second kappa shape index (κ2) is 11.3. The Morgan fingerprint density at radius 2 is 1.79 bits per heavy atom. The van der Waals surface area contributed by atoms with Gasteiger partial charge < -0.3 is 20.1 Å². The van der Waals surface area contributed by atoms with Crippen molar-refractivity contribution in [3.8, 4) is 5.75 Å². The third kappa shape index (κ3) is 6.87. The van der Waals surface area contributed by atoms with Gasteiger partial charge in [-0.25, -0.2) is 0 Å². The molecule has 1 aromatic carbocycles. The highest BCUT2D eigenvalue weighted by atomic mass is 16.5. The van der Waals surface area contributed by atoms with E-state index in [0.717, 1.165) is 25.7 Å². The fraction of sp³-hybridized carbons (Fsp3) is 0.571. The molecule has 7 heteroatoms. The summed E-state index contributed by atoms with van der Waals surface area (Å²) >= 11 is 0. The van der Waals surface area contributed by atoms with E-state index in [1.807, 2.05) is 0 Å². The van der Waals surface area contributed by atoms with Crippen molar-refractivity contribution < 1.29 is 23.9 Å². The molecule has 0 unspecified atom stereocenters. The lowest BCUT2D eigenvalue weighted by molar-refractivity contribution is -0.155. The Hall–Kier alpha value is -2.57. The Bertz CT molecular complexity index is 669. The number of carbonyl (C=O) groups excluding carboxylic acids is 3. The van der Waals surface area contributed by atoms with Gasteiger partial charge in [0.15, 0.2) is 6.10 Å². The Labute approximate surface area is 166 Å². The van der Waals surface area contributed by atoms with Gasteiger partial charge in [-0.15, -0.1) is 0 Å². The van der Waals surface area contributed by atoms with Crippen LogP contribution in [0, 0.1) is 0 Å². The van der Waals surface area contributed by atoms with Crippen LogP contribution in [0.4, 0.5) is 0 Å². The Kier molecular flexibility index (Phi) is 8.78. The van der Waals surface area contributed by atoms with Gasteiger partial charge in [-0.1, -0.05) is 37.8 Å². The predicted molar refractivity (Wildman–Crippen MR) is 105 cm³/mol. The Morgan fingerprint density at radius 1 is 1.11 bits per heavy atom. The highest BCUT2D eigenvalue weighted by Crippen LogP contribution is 2.18. The normalized spacial score (nSPS) is 15.8. The van der Waals surface area contributed by atoms with E-state index in [1.165, 1.54) is 20.0 Å². The molecule has 0 radical (unpaired) electrons. The van der Waals surface area contributed by atoms with Gasteiger partial charge in [0, 0.05) is 12.6 Å². The number of hydrogen-bond donors (Lipinski definition) is 2. The van der Waals surface area contributed by atoms with E-state index >= 15 is 0 Å². The summed E-state index contributed by atoms with van der Waals surface area (Å²) in [6.45, 7) is 1.68. The second-order valence-electron chi connectivity index (χ2n) is 7.04. The topological polar surface area (TPSA) is 93.7 Å². The number of carbonyl (C=O) groups is 3. The predicted octanol–water partition coefficient (Wildman–Crippen LogP) is 2.59. The molecule has 1 saturated carbocycles. The number of esters is 1. The van der Waals surface area contributed by atoms with E-state index in [2.05, 4.69) is 10.6 Å². The lowest BCUT2D eigenvalue weighted by Crippen LogP contribution is -2.42. The molecule has 28 heavy (non-hydrogen) atoms. The molecule has 1 fully saturated rings. The van der Waals surface area contributed by atoms with Gasteiger partial charge in [0.2, 0.25) is 0 Å². The summed E-state index contributed by atoms with van der Waals surface area (Å²) in [6, 6.07) is 7.01. The van der Waals surface area contributed by atoms with E-state index < -0.39 is 12.1 Å². The zero-order chi connectivity index (χ0) is 20.4. The van der Waals surface area contributed by atoms with E-state index in [4.69, 9.17) is 9.47 Å². The molecule has 0 aromatic heterocycles. The maximum atomic E-state index is 12.2. The van der Waals surface area contributed by atoms with Gasteiger partial charge in [0.25, 0.3) is 11.8 Å². The van der Waals surface area contributed by atoms with Crippen LogP contribution in [0.25, 0.3) is 0 Å². The minimum Gasteiger partial charge on any atom is -0.496 e. The van der Waals surface area contributed by atoms with Crippen LogP contribution in [0.1, 0.15) is 62.2 Å². The number of rotatable bonds is 8. The summed E-state index contributed by atoms with van der Waals surface area (Å²) in [5.41, 5.74) is 0.398. The van der Waals surface area contributed by atoms with Crippen LogP contribution >= 0.6 is 0 Å². The third-order valence-electron chi connectivity index (χ3n) is 4.85. The SMILES string of the molecule is COc1ccccc1C(=O)NCCC(=O)O[C@H](C)C(=O)NC1CCCCCC1. The van der Waals surface area contributed by atoms with E-state index in [9.17, 15) is 14.4 Å². The lowest BCUT2D eigenvalue weighted by Gasteiger charge is -2.19. The van der Waals surface area contributed by atoms with Crippen LogP contribution in [0.5, 0.6) is 5.75 Å². The van der Waals surface area contributed by atoms with Crippen molar-refractivity contribution in [2.24, 2.45) is 0 Å². The maximum absolute atomic E-state index is 12.2. The van der Waals surface area contributed by atoms with Crippen LogP contribution in [0.3, 0.4) is 0 Å². The summed E-state index contributed by atoms with van der Waals surface area (Å²) in [5.74, 6) is -0.655. The molecule has 1 aromatic rings. The van der Waals surface area contributed by atoms with Gasteiger partial charge >= 0.3 is 5.97 Å². The summed E-state index contributed by atoms with van der Waals surface area (Å²) in [6.07, 6.45) is 5.73. The molecule has 7 nitrogen and oxygen atoms in total. The molecular formula is C21H30N2O5. The minimum atomic E-state index is -0.847. The van der Waals surface area contributed by atoms with Crippen LogP contribution < -0.4 is 15.4 Å². The molecule has 2 rings (SSSR count). The molecule has 2 N–H and O–H groups in total. The number of hydrogen-bond acceptors (Lipinski definition) is 5. The number of methoxy groups -OCH3 is 1. The number of para-hydroxylation sites is 1. The fourth-order valence-electron chi connectivity index (χ4n) is 3.26. The monoisotopic (exact) mass is 390 g/mol. The van der Waals surface area contributed by atoms with Gasteiger partial charge in [0.05, 0.1) is 19.1 Å². The first-order valence-electron chi connectivity index (χ1n) is 9.92. The fourth-order valence-corrected chi connectivity index (χ4v) is 3.26. The number of benzene rings is 1. The average molecular weight is 390 g/mol. The maximum Gasteiger partial charge on any atom is 0.308 e. The number of ether oxygens (including phenoxy) is 2. The molecule has 0 bridgehead atoms. The molecule has 154 valence electrons. The lowest BCUT2D eigenvalue weighted by atomic mass is 10.1. The van der Waals surface area contributed by atoms with E-state index in [0.29, 0.717) is 11.3 Å². The van der Waals surface area contributed by atoms with Crippen LogP contribution in [-0.2, 0) is 14.3 Å². The van der Waals surface area contributed by atoms with Crippen LogP contribution in [-0.4, -0.2) is 43.6 Å². The molecule has 0 aliphatic heterocycles. The minimum absolute atomic E-state index is 0.0120. The molecule has 1 aliphatic rings. The molecule has 0 saturated heterocycles. The van der Waals surface area contributed by atoms with Crippen molar-refractivity contribution in [1.29, 1.82) is 0 Å². The first kappa shape index (κ1) is 21.7. The van der Waals surface area contributed by atoms with E-state index in [-0.39, 0.29) is 30.8 Å². The van der Waals surface area contributed by atoms with Crippen molar-refractivity contribution in [3.05, 3.63) is 29.8 Å². The standard InChI is InChI=1S/C21H30N2O5/c1-15(20(25)23-16-9-5-3-4-6-10-16)28-19(24)13-14-22-21(26)17-11-7-8-12-18(17)27-2/h7-8,11-12,15-16H,3-6,9-10,13-14H2,1-2H3,(H,22,26)(H,23,25)/t15-/m1/s1. The molecule has 1 atom stereocenters. The third-order valence-corrected chi connectivity index (χ3v) is 4.85. The molecule has 0 spiro atoms. The quantitative estimate of drug-likeness (QED) is 0.526. The average Bonchev–Trinajstić information content (AvgIpc) is 2.96. The highest BCUT2D eigenvalue weighted by Gasteiger charge is 2.22. The van der Waals surface area contributed by atoms with Crippen molar-refractivity contribution >= 4 is 17.8 Å². The van der Waals surface area contributed by atoms with Crippen molar-refractivity contribution in [2.75, 3.05) is 13.7 Å². The summed E-state index contributed by atoms with van der Waals surface area (Å²) in [4.78, 5) is 36.4. The van der Waals surface area contributed by atoms with Crippen LogP contribution in [0.15, 0.2) is 24.3 Å². The zero-order valence-corrected chi connectivity index (χ0v) is 16.7. The molecular weight excluding hydrogens is 360 g/mol. The van der Waals surface area contributed by atoms with Gasteiger partial charge in [0.1, 0.15) is 5.75 Å².